The summed E-state index contributed by atoms with van der Waals surface area (Å²) in [6.07, 6.45) is 0. The molecule has 152 valence electrons. The van der Waals surface area contributed by atoms with Crippen molar-refractivity contribution in [2.45, 2.75) is 4.75 Å². The number of phenols is 2. The van der Waals surface area contributed by atoms with Crippen LogP contribution in [0.5, 0.6) is 11.5 Å². The van der Waals surface area contributed by atoms with Crippen LogP contribution >= 0.6 is 46.4 Å². The molecule has 1 atom stereocenters. The summed E-state index contributed by atoms with van der Waals surface area (Å²) in [7, 11) is -5.16. The number of phenolic OH excluding ortho intramolecular Hbond substituents is 2. The van der Waals surface area contributed by atoms with Crippen LogP contribution in [0.1, 0.15) is 16.7 Å². The molecule has 0 bridgehead atoms. The first-order valence-electron chi connectivity index (χ1n) is 7.90. The van der Waals surface area contributed by atoms with Gasteiger partial charge >= 0.3 is 0 Å². The molecule has 0 aromatic heterocycles. The van der Waals surface area contributed by atoms with Crippen LogP contribution in [-0.4, -0.2) is 23.2 Å². The van der Waals surface area contributed by atoms with Crippen molar-refractivity contribution in [3.63, 3.8) is 0 Å². The van der Waals surface area contributed by atoms with Crippen LogP contribution in [0.2, 0.25) is 20.1 Å². The van der Waals surface area contributed by atoms with Crippen molar-refractivity contribution in [3.05, 3.63) is 91.4 Å². The van der Waals surface area contributed by atoms with E-state index < -0.39 is 31.9 Å². The standard InChI is InChI=1S/C19H12Cl4O5S/c20-12-6-7-16(24)17(18(12)25)19(29(26,27)28,10-4-2-1-3-5-10)11-8-14(22)15(23)9-13(11)21/h1-9,24-25H,(H,26,27,28). The Morgan fingerprint density at radius 1 is 0.759 bits per heavy atom. The second-order valence-corrected chi connectivity index (χ2v) is 9.25. The zero-order valence-corrected chi connectivity index (χ0v) is 18.1. The number of hydrogen-bond acceptors (Lipinski definition) is 4. The molecule has 0 heterocycles. The van der Waals surface area contributed by atoms with Gasteiger partial charge in [-0.2, -0.15) is 8.42 Å². The Morgan fingerprint density at radius 2 is 1.34 bits per heavy atom. The van der Waals surface area contributed by atoms with Crippen molar-refractivity contribution in [2.75, 3.05) is 0 Å². The smallest absolute Gasteiger partial charge is 0.283 e. The maximum atomic E-state index is 13.0. The quantitative estimate of drug-likeness (QED) is 0.239. The van der Waals surface area contributed by atoms with Crippen molar-refractivity contribution >= 4 is 56.5 Å². The van der Waals surface area contributed by atoms with Crippen molar-refractivity contribution < 1.29 is 23.2 Å². The molecule has 0 aliphatic heterocycles. The topological polar surface area (TPSA) is 94.8 Å². The molecule has 3 rings (SSSR count). The van der Waals surface area contributed by atoms with E-state index in [2.05, 4.69) is 0 Å². The van der Waals surface area contributed by atoms with E-state index in [1.54, 1.807) is 6.07 Å². The van der Waals surface area contributed by atoms with Gasteiger partial charge < -0.3 is 10.2 Å². The van der Waals surface area contributed by atoms with E-state index in [9.17, 15) is 23.2 Å². The van der Waals surface area contributed by atoms with Gasteiger partial charge in [0.2, 0.25) is 0 Å². The Morgan fingerprint density at radius 3 is 1.93 bits per heavy atom. The molecule has 0 aliphatic rings. The van der Waals surface area contributed by atoms with Gasteiger partial charge in [0.15, 0.2) is 4.75 Å². The van der Waals surface area contributed by atoms with Gasteiger partial charge in [-0.3, -0.25) is 4.55 Å². The molecule has 0 saturated carbocycles. The van der Waals surface area contributed by atoms with Crippen LogP contribution in [0, 0.1) is 0 Å². The minimum Gasteiger partial charge on any atom is -0.507 e. The van der Waals surface area contributed by atoms with Gasteiger partial charge in [0.1, 0.15) is 11.5 Å². The van der Waals surface area contributed by atoms with Gasteiger partial charge in [0.05, 0.1) is 20.6 Å². The summed E-state index contributed by atoms with van der Waals surface area (Å²) < 4.78 is 33.9. The first kappa shape index (κ1) is 22.0. The molecule has 0 saturated heterocycles. The molecule has 3 aromatic carbocycles. The zero-order valence-electron chi connectivity index (χ0n) is 14.3. The lowest BCUT2D eigenvalue weighted by Gasteiger charge is -2.34. The molecule has 0 fully saturated rings. The molecule has 0 spiro atoms. The zero-order chi connectivity index (χ0) is 21.6. The van der Waals surface area contributed by atoms with E-state index in [0.717, 1.165) is 12.1 Å². The van der Waals surface area contributed by atoms with Gasteiger partial charge in [0.25, 0.3) is 10.1 Å². The molecule has 0 aliphatic carbocycles. The predicted octanol–water partition coefficient (Wildman–Crippen LogP) is 5.89. The summed E-state index contributed by atoms with van der Waals surface area (Å²) in [6, 6.07) is 12.0. The van der Waals surface area contributed by atoms with Gasteiger partial charge in [-0.15, -0.1) is 0 Å². The third-order valence-electron chi connectivity index (χ3n) is 4.42. The number of hydrogen-bond donors (Lipinski definition) is 3. The number of aromatic hydroxyl groups is 2. The molecule has 29 heavy (non-hydrogen) atoms. The van der Waals surface area contributed by atoms with Crippen LogP contribution in [-0.2, 0) is 14.9 Å². The molecule has 3 N–H and O–H groups in total. The average Bonchev–Trinajstić information content (AvgIpc) is 2.65. The van der Waals surface area contributed by atoms with E-state index in [4.69, 9.17) is 46.4 Å². The Bertz CT molecular complexity index is 1200. The third kappa shape index (κ3) is 3.54. The lowest BCUT2D eigenvalue weighted by Crippen LogP contribution is -2.38. The summed E-state index contributed by atoms with van der Waals surface area (Å²) in [5.41, 5.74) is -0.857. The second-order valence-electron chi connectivity index (χ2n) is 6.06. The fourth-order valence-corrected chi connectivity index (χ4v) is 5.46. The molecule has 10 heteroatoms. The summed E-state index contributed by atoms with van der Waals surface area (Å²) >= 11 is 24.4. The van der Waals surface area contributed by atoms with E-state index in [0.29, 0.717) is 0 Å². The van der Waals surface area contributed by atoms with E-state index in [-0.39, 0.29) is 31.2 Å². The van der Waals surface area contributed by atoms with Gasteiger partial charge in [-0.05, 0) is 29.8 Å². The van der Waals surface area contributed by atoms with Crippen LogP contribution in [0.4, 0.5) is 0 Å². The van der Waals surface area contributed by atoms with Crippen molar-refractivity contribution in [1.82, 2.24) is 0 Å². The van der Waals surface area contributed by atoms with Crippen LogP contribution in [0.15, 0.2) is 54.6 Å². The normalized spacial score (nSPS) is 13.8. The maximum Gasteiger partial charge on any atom is 0.283 e. The Hall–Kier alpha value is -1.67. The molecule has 5 nitrogen and oxygen atoms in total. The lowest BCUT2D eigenvalue weighted by atomic mass is 9.82. The highest BCUT2D eigenvalue weighted by molar-refractivity contribution is 7.87. The number of benzene rings is 3. The van der Waals surface area contributed by atoms with Gasteiger partial charge in [-0.25, -0.2) is 0 Å². The summed E-state index contributed by atoms with van der Waals surface area (Å²) in [4.78, 5) is 0. The van der Waals surface area contributed by atoms with E-state index in [1.165, 1.54) is 36.4 Å². The highest BCUT2D eigenvalue weighted by Crippen LogP contribution is 2.54. The summed E-state index contributed by atoms with van der Waals surface area (Å²) in [6.45, 7) is 0. The van der Waals surface area contributed by atoms with Crippen LogP contribution in [0.25, 0.3) is 0 Å². The molecular weight excluding hydrogens is 482 g/mol. The SMILES string of the molecule is O=S(=O)(O)C(c1ccccc1)(c1cc(Cl)c(Cl)cc1Cl)c1c(O)ccc(Cl)c1O. The summed E-state index contributed by atoms with van der Waals surface area (Å²) in [5.74, 6) is -1.40. The van der Waals surface area contributed by atoms with Gasteiger partial charge in [0, 0.05) is 10.6 Å². The van der Waals surface area contributed by atoms with Crippen molar-refractivity contribution in [2.24, 2.45) is 0 Å². The van der Waals surface area contributed by atoms with E-state index in [1.807, 2.05) is 0 Å². The first-order chi connectivity index (χ1) is 13.5. The Labute approximate surface area is 186 Å². The predicted molar refractivity (Wildman–Crippen MR) is 114 cm³/mol. The molecule has 1 unspecified atom stereocenters. The lowest BCUT2D eigenvalue weighted by molar-refractivity contribution is 0.416. The Kier molecular flexibility index (Phi) is 5.98. The average molecular weight is 494 g/mol. The fraction of sp³-hybridized carbons (Fsp3) is 0.0526. The summed E-state index contributed by atoms with van der Waals surface area (Å²) in [5, 5.41) is 20.7. The minimum atomic E-state index is -5.16. The number of rotatable bonds is 4. The van der Waals surface area contributed by atoms with Crippen molar-refractivity contribution in [3.8, 4) is 11.5 Å². The monoisotopic (exact) mass is 492 g/mol. The fourth-order valence-electron chi connectivity index (χ4n) is 3.22. The largest absolute Gasteiger partial charge is 0.507 e. The van der Waals surface area contributed by atoms with Crippen molar-refractivity contribution in [1.29, 1.82) is 0 Å². The number of halogens is 4. The van der Waals surface area contributed by atoms with Gasteiger partial charge in [-0.1, -0.05) is 76.7 Å². The highest BCUT2D eigenvalue weighted by Gasteiger charge is 2.53. The third-order valence-corrected chi connectivity index (χ3v) is 7.19. The second kappa shape index (κ2) is 7.87. The minimum absolute atomic E-state index is 0.0318. The maximum absolute atomic E-state index is 13.0. The molecule has 0 amide bonds. The first-order valence-corrected chi connectivity index (χ1v) is 10.9. The van der Waals surface area contributed by atoms with Crippen LogP contribution in [0.3, 0.4) is 0 Å². The molecule has 3 aromatic rings. The van der Waals surface area contributed by atoms with E-state index >= 15 is 0 Å². The highest BCUT2D eigenvalue weighted by atomic mass is 35.5. The molecule has 0 radical (unpaired) electrons. The van der Waals surface area contributed by atoms with Crippen LogP contribution < -0.4 is 0 Å². The Balaban J connectivity index is 2.67. The molecular formula is C19H12Cl4O5S.